The lowest BCUT2D eigenvalue weighted by molar-refractivity contribution is -0.169. The third-order valence-corrected chi connectivity index (χ3v) is 6.47. The Morgan fingerprint density at radius 1 is 1.12 bits per heavy atom. The number of carbonyl (C=O) groups is 2. The van der Waals surface area contributed by atoms with Crippen molar-refractivity contribution in [2.45, 2.75) is 45.1 Å². The Kier molecular flexibility index (Phi) is 4.44. The summed E-state index contributed by atoms with van der Waals surface area (Å²) in [5.41, 5.74) is 0.831. The van der Waals surface area contributed by atoms with Crippen LogP contribution in [0.5, 0.6) is 0 Å². The van der Waals surface area contributed by atoms with E-state index in [1.54, 1.807) is 31.2 Å². The van der Waals surface area contributed by atoms with Gasteiger partial charge in [-0.05, 0) is 74.8 Å². The molecule has 136 valence electrons. The number of carbonyl (C=O) groups excluding carboxylic acids is 2. The number of ether oxygens (including phenoxy) is 1. The van der Waals surface area contributed by atoms with Crippen molar-refractivity contribution in [3.63, 3.8) is 0 Å². The number of benzene rings is 1. The van der Waals surface area contributed by atoms with Crippen molar-refractivity contribution in [3.8, 4) is 6.07 Å². The van der Waals surface area contributed by atoms with Crippen molar-refractivity contribution < 1.29 is 14.3 Å². The lowest BCUT2D eigenvalue weighted by Crippen LogP contribution is -2.49. The maximum absolute atomic E-state index is 12.8. The van der Waals surface area contributed by atoms with Crippen molar-refractivity contribution in [2.75, 3.05) is 5.32 Å². The normalized spacial score (nSPS) is 32.5. The van der Waals surface area contributed by atoms with Crippen LogP contribution in [0.4, 0.5) is 5.69 Å². The maximum atomic E-state index is 12.8. The molecule has 4 aliphatic carbocycles. The SMILES string of the molecule is CC(OC(=O)C1C2CC3CC(C2)CC1C3)C(=O)Nc1ccccc1C#N. The minimum Gasteiger partial charge on any atom is -0.452 e. The number of para-hydroxylation sites is 1. The van der Waals surface area contributed by atoms with Crippen molar-refractivity contribution in [3.05, 3.63) is 29.8 Å². The molecule has 4 aliphatic rings. The molecule has 4 fully saturated rings. The molecular formula is C21H24N2O3. The van der Waals surface area contributed by atoms with E-state index in [1.165, 1.54) is 6.42 Å². The van der Waals surface area contributed by atoms with Gasteiger partial charge in [-0.25, -0.2) is 0 Å². The van der Waals surface area contributed by atoms with Gasteiger partial charge in [0, 0.05) is 0 Å². The molecule has 0 spiro atoms. The molecule has 1 atom stereocenters. The Morgan fingerprint density at radius 3 is 2.35 bits per heavy atom. The number of amides is 1. The summed E-state index contributed by atoms with van der Waals surface area (Å²) in [6, 6.07) is 8.85. The number of anilines is 1. The predicted octanol–water partition coefficient (Wildman–Crippen LogP) is 3.50. The standard InChI is InChI=1S/C21H24N2O3/c1-12(20(24)23-18-5-3-2-4-15(18)11-22)26-21(25)19-16-7-13-6-14(9-16)10-17(19)8-13/h2-5,12-14,16-17,19H,6-10H2,1H3,(H,23,24). The molecule has 1 aromatic rings. The second-order valence-corrected chi connectivity index (χ2v) is 8.18. The van der Waals surface area contributed by atoms with Gasteiger partial charge in [0.15, 0.2) is 6.10 Å². The monoisotopic (exact) mass is 352 g/mol. The molecule has 4 saturated carbocycles. The summed E-state index contributed by atoms with van der Waals surface area (Å²) in [4.78, 5) is 25.2. The summed E-state index contributed by atoms with van der Waals surface area (Å²) in [6.45, 7) is 1.60. The van der Waals surface area contributed by atoms with E-state index in [4.69, 9.17) is 10.00 Å². The number of nitrogens with one attached hydrogen (secondary N) is 1. The average molecular weight is 352 g/mol. The quantitative estimate of drug-likeness (QED) is 0.841. The van der Waals surface area contributed by atoms with E-state index in [-0.39, 0.29) is 11.9 Å². The number of nitrogens with zero attached hydrogens (tertiary/aromatic N) is 1. The average Bonchev–Trinajstić information content (AvgIpc) is 2.61. The second-order valence-electron chi connectivity index (χ2n) is 8.18. The van der Waals surface area contributed by atoms with Gasteiger partial charge in [0.05, 0.1) is 17.2 Å². The largest absolute Gasteiger partial charge is 0.452 e. The van der Waals surface area contributed by atoms with E-state index in [0.717, 1.165) is 37.5 Å². The summed E-state index contributed by atoms with van der Waals surface area (Å²) < 4.78 is 5.55. The van der Waals surface area contributed by atoms with E-state index in [0.29, 0.717) is 23.1 Å². The van der Waals surface area contributed by atoms with E-state index >= 15 is 0 Å². The lowest BCUT2D eigenvalue weighted by Gasteiger charge is -2.53. The van der Waals surface area contributed by atoms with Crippen LogP contribution in [-0.4, -0.2) is 18.0 Å². The number of nitriles is 1. The second kappa shape index (κ2) is 6.75. The van der Waals surface area contributed by atoms with Crippen LogP contribution in [0, 0.1) is 40.9 Å². The predicted molar refractivity (Wildman–Crippen MR) is 95.9 cm³/mol. The van der Waals surface area contributed by atoms with Crippen LogP contribution in [-0.2, 0) is 14.3 Å². The summed E-state index contributed by atoms with van der Waals surface area (Å²) in [6.07, 6.45) is 5.04. The zero-order valence-electron chi connectivity index (χ0n) is 15.0. The Hall–Kier alpha value is -2.35. The molecule has 1 amide bonds. The first-order valence-electron chi connectivity index (χ1n) is 9.55. The molecule has 1 unspecified atom stereocenters. The Morgan fingerprint density at radius 2 is 1.73 bits per heavy atom. The fraction of sp³-hybridized carbons (Fsp3) is 0.571. The molecule has 5 heteroatoms. The fourth-order valence-electron chi connectivity index (χ4n) is 5.54. The van der Waals surface area contributed by atoms with Gasteiger partial charge in [-0.3, -0.25) is 9.59 Å². The summed E-state index contributed by atoms with van der Waals surface area (Å²) in [7, 11) is 0. The van der Waals surface area contributed by atoms with Gasteiger partial charge in [-0.2, -0.15) is 5.26 Å². The van der Waals surface area contributed by atoms with Gasteiger partial charge in [0.1, 0.15) is 6.07 Å². The first-order chi connectivity index (χ1) is 12.5. The number of hydrogen-bond donors (Lipinski definition) is 1. The van der Waals surface area contributed by atoms with Gasteiger partial charge < -0.3 is 10.1 Å². The van der Waals surface area contributed by atoms with Gasteiger partial charge >= 0.3 is 5.97 Å². The molecule has 1 N–H and O–H groups in total. The van der Waals surface area contributed by atoms with E-state index in [2.05, 4.69) is 5.32 Å². The van der Waals surface area contributed by atoms with Gasteiger partial charge in [0.2, 0.25) is 0 Å². The van der Waals surface area contributed by atoms with Crippen LogP contribution >= 0.6 is 0 Å². The van der Waals surface area contributed by atoms with Gasteiger partial charge in [-0.1, -0.05) is 12.1 Å². The molecule has 0 aliphatic heterocycles. The van der Waals surface area contributed by atoms with Gasteiger partial charge in [0.25, 0.3) is 5.91 Å². The maximum Gasteiger partial charge on any atom is 0.310 e. The van der Waals surface area contributed by atoms with Crippen LogP contribution in [0.2, 0.25) is 0 Å². The summed E-state index contributed by atoms with van der Waals surface area (Å²) in [5, 5.41) is 11.8. The Balaban J connectivity index is 1.38. The van der Waals surface area contributed by atoms with Crippen molar-refractivity contribution in [1.82, 2.24) is 0 Å². The number of esters is 1. The van der Waals surface area contributed by atoms with Crippen LogP contribution in [0.25, 0.3) is 0 Å². The highest BCUT2D eigenvalue weighted by Crippen LogP contribution is 2.56. The highest BCUT2D eigenvalue weighted by molar-refractivity contribution is 5.96. The van der Waals surface area contributed by atoms with Crippen LogP contribution in [0.1, 0.15) is 44.6 Å². The minimum absolute atomic E-state index is 0.0376. The van der Waals surface area contributed by atoms with Crippen LogP contribution < -0.4 is 5.32 Å². The van der Waals surface area contributed by atoms with E-state index < -0.39 is 12.0 Å². The molecule has 5 nitrogen and oxygen atoms in total. The highest BCUT2D eigenvalue weighted by atomic mass is 16.5. The first kappa shape index (κ1) is 17.1. The van der Waals surface area contributed by atoms with Crippen molar-refractivity contribution in [2.24, 2.45) is 29.6 Å². The smallest absolute Gasteiger partial charge is 0.310 e. The highest BCUT2D eigenvalue weighted by Gasteiger charge is 2.51. The zero-order valence-corrected chi connectivity index (χ0v) is 15.0. The molecule has 26 heavy (non-hydrogen) atoms. The van der Waals surface area contributed by atoms with Crippen LogP contribution in [0.15, 0.2) is 24.3 Å². The molecule has 0 heterocycles. The molecule has 1 aromatic carbocycles. The van der Waals surface area contributed by atoms with E-state index in [9.17, 15) is 9.59 Å². The number of hydrogen-bond acceptors (Lipinski definition) is 4. The summed E-state index contributed by atoms with van der Waals surface area (Å²) in [5.74, 6) is 1.82. The van der Waals surface area contributed by atoms with Crippen molar-refractivity contribution >= 4 is 17.6 Å². The fourth-order valence-corrected chi connectivity index (χ4v) is 5.54. The molecule has 0 saturated heterocycles. The first-order valence-corrected chi connectivity index (χ1v) is 9.55. The topological polar surface area (TPSA) is 79.2 Å². The number of rotatable bonds is 4. The molecular weight excluding hydrogens is 328 g/mol. The molecule has 0 radical (unpaired) electrons. The molecule has 0 aromatic heterocycles. The molecule has 4 bridgehead atoms. The molecule has 5 rings (SSSR count). The third-order valence-electron chi connectivity index (χ3n) is 6.47. The van der Waals surface area contributed by atoms with Crippen molar-refractivity contribution in [1.29, 1.82) is 5.26 Å². The Labute approximate surface area is 153 Å². The van der Waals surface area contributed by atoms with E-state index in [1.807, 2.05) is 6.07 Å². The Bertz CT molecular complexity index is 739. The zero-order chi connectivity index (χ0) is 18.3. The third kappa shape index (κ3) is 3.09. The lowest BCUT2D eigenvalue weighted by atomic mass is 9.52. The van der Waals surface area contributed by atoms with Gasteiger partial charge in [-0.15, -0.1) is 0 Å². The summed E-state index contributed by atoms with van der Waals surface area (Å²) >= 11 is 0. The van der Waals surface area contributed by atoms with Crippen LogP contribution in [0.3, 0.4) is 0 Å². The minimum atomic E-state index is -0.869.